The van der Waals surface area contributed by atoms with E-state index < -0.39 is 9.84 Å². The van der Waals surface area contributed by atoms with Crippen molar-refractivity contribution < 1.29 is 22.7 Å². The zero-order valence-corrected chi connectivity index (χ0v) is 12.5. The molecule has 1 amide bonds. The number of amides is 1. The molecule has 0 aliphatic carbocycles. The molecule has 0 radical (unpaired) electrons. The predicted octanol–water partition coefficient (Wildman–Crippen LogP) is -0.0239. The maximum atomic E-state index is 11.5. The molecule has 1 aliphatic heterocycles. The van der Waals surface area contributed by atoms with Gasteiger partial charge in [-0.15, -0.1) is 11.8 Å². The molecular formula is C11H19NO5S2. The third kappa shape index (κ3) is 6.81. The van der Waals surface area contributed by atoms with Gasteiger partial charge in [0.25, 0.3) is 0 Å². The first-order valence-electron chi connectivity index (χ1n) is 6.17. The molecule has 1 rings (SSSR count). The van der Waals surface area contributed by atoms with Crippen molar-refractivity contribution in [1.82, 2.24) is 5.32 Å². The van der Waals surface area contributed by atoms with Gasteiger partial charge in [-0.05, 0) is 13.3 Å². The van der Waals surface area contributed by atoms with E-state index in [2.05, 4.69) is 5.32 Å². The van der Waals surface area contributed by atoms with E-state index >= 15 is 0 Å². The van der Waals surface area contributed by atoms with Crippen molar-refractivity contribution in [3.63, 3.8) is 0 Å². The third-order valence-electron chi connectivity index (χ3n) is 2.60. The van der Waals surface area contributed by atoms with E-state index in [-0.39, 0.29) is 47.4 Å². The number of sulfone groups is 1. The van der Waals surface area contributed by atoms with E-state index in [1.165, 1.54) is 11.8 Å². The van der Waals surface area contributed by atoms with Gasteiger partial charge in [0.2, 0.25) is 5.91 Å². The van der Waals surface area contributed by atoms with Gasteiger partial charge in [0, 0.05) is 11.8 Å². The fourth-order valence-electron chi connectivity index (χ4n) is 1.67. The molecule has 8 heteroatoms. The van der Waals surface area contributed by atoms with Crippen LogP contribution in [0.1, 0.15) is 19.8 Å². The molecule has 1 saturated heterocycles. The molecule has 0 aromatic carbocycles. The smallest absolute Gasteiger partial charge is 0.307 e. The molecule has 0 aromatic rings. The van der Waals surface area contributed by atoms with Gasteiger partial charge in [-0.25, -0.2) is 8.42 Å². The van der Waals surface area contributed by atoms with Gasteiger partial charge in [-0.1, -0.05) is 0 Å². The van der Waals surface area contributed by atoms with Crippen LogP contribution >= 0.6 is 11.8 Å². The van der Waals surface area contributed by atoms with Crippen LogP contribution in [0, 0.1) is 0 Å². The molecule has 19 heavy (non-hydrogen) atoms. The highest BCUT2D eigenvalue weighted by Gasteiger charge is 2.28. The number of hydrogen-bond acceptors (Lipinski definition) is 6. The van der Waals surface area contributed by atoms with Gasteiger partial charge in [0.05, 0.1) is 30.3 Å². The molecule has 0 spiro atoms. The standard InChI is InChI=1S/C11H19NO5S2/c1-2-17-11(14)3-5-12-10(13)7-18-9-4-6-19(15,16)8-9/h9H,2-8H2,1H3,(H,12,13). The number of ether oxygens (including phenoxy) is 1. The lowest BCUT2D eigenvalue weighted by Crippen LogP contribution is -2.28. The summed E-state index contributed by atoms with van der Waals surface area (Å²) in [4.78, 5) is 22.5. The van der Waals surface area contributed by atoms with Crippen molar-refractivity contribution in [1.29, 1.82) is 0 Å². The molecule has 0 aromatic heterocycles. The van der Waals surface area contributed by atoms with Crippen LogP contribution in [-0.2, 0) is 24.2 Å². The minimum absolute atomic E-state index is 0.0146. The first-order chi connectivity index (χ1) is 8.93. The number of thioether (sulfide) groups is 1. The predicted molar refractivity (Wildman–Crippen MR) is 73.8 cm³/mol. The quantitative estimate of drug-likeness (QED) is 0.665. The van der Waals surface area contributed by atoms with Gasteiger partial charge in [0.1, 0.15) is 0 Å². The van der Waals surface area contributed by atoms with Crippen LogP contribution in [0.5, 0.6) is 0 Å². The summed E-state index contributed by atoms with van der Waals surface area (Å²) < 4.78 is 27.2. The monoisotopic (exact) mass is 309 g/mol. The number of rotatable bonds is 7. The van der Waals surface area contributed by atoms with E-state index in [0.717, 1.165) is 0 Å². The van der Waals surface area contributed by atoms with Crippen LogP contribution in [0.3, 0.4) is 0 Å². The van der Waals surface area contributed by atoms with E-state index in [1.54, 1.807) is 6.92 Å². The zero-order valence-electron chi connectivity index (χ0n) is 10.9. The van der Waals surface area contributed by atoms with Gasteiger partial charge in [-0.3, -0.25) is 9.59 Å². The van der Waals surface area contributed by atoms with Crippen LogP contribution in [0.4, 0.5) is 0 Å². The molecule has 1 N–H and O–H groups in total. The van der Waals surface area contributed by atoms with Crippen molar-refractivity contribution in [3.05, 3.63) is 0 Å². The first kappa shape index (κ1) is 16.3. The summed E-state index contributed by atoms with van der Waals surface area (Å²) in [5, 5.41) is 2.62. The van der Waals surface area contributed by atoms with Gasteiger partial charge in [0.15, 0.2) is 9.84 Å². The first-order valence-corrected chi connectivity index (χ1v) is 9.04. The molecule has 6 nitrogen and oxygen atoms in total. The summed E-state index contributed by atoms with van der Waals surface area (Å²) in [5.74, 6) is 0.0855. The van der Waals surface area contributed by atoms with E-state index in [0.29, 0.717) is 13.0 Å². The van der Waals surface area contributed by atoms with Crippen LogP contribution in [0.25, 0.3) is 0 Å². The summed E-state index contributed by atoms with van der Waals surface area (Å²) in [6, 6.07) is 0. The minimum Gasteiger partial charge on any atom is -0.466 e. The summed E-state index contributed by atoms with van der Waals surface area (Å²) in [7, 11) is -2.89. The van der Waals surface area contributed by atoms with Gasteiger partial charge >= 0.3 is 5.97 Å². The molecule has 0 bridgehead atoms. The Morgan fingerprint density at radius 1 is 1.42 bits per heavy atom. The summed E-state index contributed by atoms with van der Waals surface area (Å²) in [6.07, 6.45) is 0.769. The second kappa shape index (κ2) is 7.74. The lowest BCUT2D eigenvalue weighted by atomic mass is 10.4. The van der Waals surface area contributed by atoms with E-state index in [1.807, 2.05) is 0 Å². The normalized spacial score (nSPS) is 21.0. The molecule has 1 unspecified atom stereocenters. The third-order valence-corrected chi connectivity index (χ3v) is 5.88. The largest absolute Gasteiger partial charge is 0.466 e. The molecule has 1 atom stereocenters. The van der Waals surface area contributed by atoms with Crippen LogP contribution in [-0.4, -0.2) is 56.0 Å². The molecule has 1 fully saturated rings. The number of nitrogens with one attached hydrogen (secondary N) is 1. The summed E-state index contributed by atoms with van der Waals surface area (Å²) >= 11 is 1.36. The molecule has 0 saturated carbocycles. The Morgan fingerprint density at radius 3 is 2.74 bits per heavy atom. The van der Waals surface area contributed by atoms with E-state index in [9.17, 15) is 18.0 Å². The fraction of sp³-hybridized carbons (Fsp3) is 0.818. The molecule has 1 aliphatic rings. The molecular weight excluding hydrogens is 290 g/mol. The Morgan fingerprint density at radius 2 is 2.16 bits per heavy atom. The van der Waals surface area contributed by atoms with E-state index in [4.69, 9.17) is 4.74 Å². The van der Waals surface area contributed by atoms with Crippen molar-refractivity contribution >= 4 is 33.5 Å². The Hall–Kier alpha value is -0.760. The topological polar surface area (TPSA) is 89.5 Å². The average Bonchev–Trinajstić information content (AvgIpc) is 2.67. The van der Waals surface area contributed by atoms with Crippen LogP contribution < -0.4 is 5.32 Å². The molecule has 1 heterocycles. The van der Waals surface area contributed by atoms with Gasteiger partial charge in [-0.2, -0.15) is 0 Å². The maximum Gasteiger partial charge on any atom is 0.307 e. The van der Waals surface area contributed by atoms with Crippen LogP contribution in [0.15, 0.2) is 0 Å². The Bertz CT molecular complexity index is 421. The summed E-state index contributed by atoms with van der Waals surface area (Å²) in [6.45, 7) is 2.31. The summed E-state index contributed by atoms with van der Waals surface area (Å²) in [5.41, 5.74) is 0. The number of carbonyl (C=O) groups excluding carboxylic acids is 2. The highest BCUT2D eigenvalue weighted by Crippen LogP contribution is 2.23. The Kier molecular flexibility index (Phi) is 6.64. The second-order valence-electron chi connectivity index (χ2n) is 4.24. The highest BCUT2D eigenvalue weighted by molar-refractivity contribution is 8.02. The number of carbonyl (C=O) groups is 2. The van der Waals surface area contributed by atoms with Crippen molar-refractivity contribution in [2.24, 2.45) is 0 Å². The van der Waals surface area contributed by atoms with Crippen molar-refractivity contribution in [2.45, 2.75) is 25.0 Å². The lowest BCUT2D eigenvalue weighted by molar-refractivity contribution is -0.143. The van der Waals surface area contributed by atoms with Crippen molar-refractivity contribution in [3.8, 4) is 0 Å². The Balaban J connectivity index is 2.10. The molecule has 110 valence electrons. The highest BCUT2D eigenvalue weighted by atomic mass is 32.2. The lowest BCUT2D eigenvalue weighted by Gasteiger charge is -2.08. The number of esters is 1. The second-order valence-corrected chi connectivity index (χ2v) is 7.76. The maximum absolute atomic E-state index is 11.5. The zero-order chi connectivity index (χ0) is 14.3. The van der Waals surface area contributed by atoms with Crippen LogP contribution in [0.2, 0.25) is 0 Å². The van der Waals surface area contributed by atoms with Crippen molar-refractivity contribution in [2.75, 3.05) is 30.4 Å². The number of hydrogen-bond donors (Lipinski definition) is 1. The van der Waals surface area contributed by atoms with Gasteiger partial charge < -0.3 is 10.1 Å². The SMILES string of the molecule is CCOC(=O)CCNC(=O)CSC1CCS(=O)(=O)C1. The average molecular weight is 309 g/mol. The fourth-order valence-corrected chi connectivity index (χ4v) is 5.15. The Labute approximate surface area is 117 Å². The minimum atomic E-state index is -2.89.